The molecule has 118 valence electrons. The fraction of sp³-hybridized carbons (Fsp3) is 1.00. The summed E-state index contributed by atoms with van der Waals surface area (Å²) in [5, 5.41) is 3.82. The first-order valence-corrected chi connectivity index (χ1v) is 8.56. The van der Waals surface area contributed by atoms with Gasteiger partial charge < -0.3 is 15.8 Å². The molecule has 1 heterocycles. The van der Waals surface area contributed by atoms with Crippen LogP contribution in [0.2, 0.25) is 0 Å². The average Bonchev–Trinajstić information content (AvgIpc) is 2.84. The van der Waals surface area contributed by atoms with Gasteiger partial charge in [-0.3, -0.25) is 0 Å². The van der Waals surface area contributed by atoms with Crippen LogP contribution in [-0.4, -0.2) is 30.8 Å². The second-order valence-electron chi connectivity index (χ2n) is 7.83. The Labute approximate surface area is 125 Å². The van der Waals surface area contributed by atoms with E-state index in [1.165, 1.54) is 44.9 Å². The number of nitrogens with one attached hydrogen (secondary N) is 1. The summed E-state index contributed by atoms with van der Waals surface area (Å²) in [6.07, 6.45) is 8.90. The highest BCUT2D eigenvalue weighted by Gasteiger charge is 2.38. The summed E-state index contributed by atoms with van der Waals surface area (Å²) < 4.78 is 5.91. The van der Waals surface area contributed by atoms with Gasteiger partial charge in [0.05, 0.1) is 5.60 Å². The summed E-state index contributed by atoms with van der Waals surface area (Å²) in [5.74, 6) is 1.64. The van der Waals surface area contributed by atoms with Crippen LogP contribution in [0.1, 0.15) is 65.7 Å². The Morgan fingerprint density at radius 3 is 2.70 bits per heavy atom. The molecule has 0 aromatic heterocycles. The fourth-order valence-corrected chi connectivity index (χ4v) is 4.12. The van der Waals surface area contributed by atoms with Gasteiger partial charge in [0.25, 0.3) is 0 Å². The average molecular weight is 282 g/mol. The molecule has 0 amide bonds. The molecule has 0 radical (unpaired) electrons. The van der Waals surface area contributed by atoms with Gasteiger partial charge in [0.1, 0.15) is 0 Å². The highest BCUT2D eigenvalue weighted by atomic mass is 16.5. The van der Waals surface area contributed by atoms with Crippen molar-refractivity contribution in [3.05, 3.63) is 0 Å². The monoisotopic (exact) mass is 282 g/mol. The third kappa shape index (κ3) is 4.19. The zero-order valence-corrected chi connectivity index (χ0v) is 13.7. The third-order valence-electron chi connectivity index (χ3n) is 5.28. The number of ether oxygens (including phenoxy) is 1. The Balaban J connectivity index is 1.90. The molecule has 3 nitrogen and oxygen atoms in total. The van der Waals surface area contributed by atoms with E-state index in [-0.39, 0.29) is 11.1 Å². The lowest BCUT2D eigenvalue weighted by Gasteiger charge is -2.43. The van der Waals surface area contributed by atoms with Crippen molar-refractivity contribution >= 4 is 0 Å². The van der Waals surface area contributed by atoms with E-state index in [0.717, 1.165) is 31.5 Å². The van der Waals surface area contributed by atoms with Crippen molar-refractivity contribution in [1.29, 1.82) is 0 Å². The van der Waals surface area contributed by atoms with Crippen LogP contribution in [-0.2, 0) is 4.74 Å². The van der Waals surface area contributed by atoms with Crippen LogP contribution in [0.5, 0.6) is 0 Å². The van der Waals surface area contributed by atoms with Crippen LogP contribution in [0.15, 0.2) is 0 Å². The minimum atomic E-state index is 0.0349. The minimum Gasteiger partial charge on any atom is -0.374 e. The van der Waals surface area contributed by atoms with Crippen molar-refractivity contribution in [2.75, 3.05) is 19.7 Å². The Bertz CT molecular complexity index is 299. The molecule has 0 bridgehead atoms. The molecular formula is C17H34N2O. The van der Waals surface area contributed by atoms with E-state index in [9.17, 15) is 0 Å². The molecule has 2 rings (SSSR count). The van der Waals surface area contributed by atoms with Crippen molar-refractivity contribution in [1.82, 2.24) is 5.32 Å². The van der Waals surface area contributed by atoms with Crippen LogP contribution in [0.25, 0.3) is 0 Å². The Morgan fingerprint density at radius 2 is 2.10 bits per heavy atom. The molecule has 3 N–H and O–H groups in total. The van der Waals surface area contributed by atoms with Crippen LogP contribution >= 0.6 is 0 Å². The van der Waals surface area contributed by atoms with Gasteiger partial charge in [0.15, 0.2) is 0 Å². The molecule has 2 aliphatic rings. The zero-order chi connectivity index (χ0) is 14.6. The molecule has 3 unspecified atom stereocenters. The molecule has 20 heavy (non-hydrogen) atoms. The molecular weight excluding hydrogens is 248 g/mol. The number of rotatable bonds is 6. The van der Waals surface area contributed by atoms with Gasteiger partial charge in [0, 0.05) is 25.2 Å². The predicted molar refractivity (Wildman–Crippen MR) is 84.8 cm³/mol. The van der Waals surface area contributed by atoms with Gasteiger partial charge in [-0.2, -0.15) is 0 Å². The van der Waals surface area contributed by atoms with E-state index in [4.69, 9.17) is 10.5 Å². The van der Waals surface area contributed by atoms with Crippen molar-refractivity contribution < 1.29 is 4.74 Å². The van der Waals surface area contributed by atoms with E-state index in [1.807, 2.05) is 0 Å². The van der Waals surface area contributed by atoms with Crippen LogP contribution in [0, 0.1) is 11.8 Å². The zero-order valence-electron chi connectivity index (χ0n) is 13.7. The Morgan fingerprint density at radius 1 is 1.30 bits per heavy atom. The number of hydrogen-bond donors (Lipinski definition) is 2. The summed E-state index contributed by atoms with van der Waals surface area (Å²) >= 11 is 0. The number of nitrogens with two attached hydrogens (primary N) is 1. The van der Waals surface area contributed by atoms with Crippen molar-refractivity contribution in [2.45, 2.75) is 76.9 Å². The summed E-state index contributed by atoms with van der Waals surface area (Å²) in [6.45, 7) is 9.55. The Kier molecular flexibility index (Phi) is 5.49. The maximum absolute atomic E-state index is 6.16. The van der Waals surface area contributed by atoms with Gasteiger partial charge in [-0.15, -0.1) is 0 Å². The first kappa shape index (κ1) is 16.3. The van der Waals surface area contributed by atoms with Crippen molar-refractivity contribution in [3.63, 3.8) is 0 Å². The van der Waals surface area contributed by atoms with Gasteiger partial charge >= 0.3 is 0 Å². The lowest BCUT2D eigenvalue weighted by Crippen LogP contribution is -2.57. The molecule has 1 aliphatic heterocycles. The summed E-state index contributed by atoms with van der Waals surface area (Å²) in [5.41, 5.74) is 6.35. The van der Waals surface area contributed by atoms with E-state index in [0.29, 0.717) is 0 Å². The quantitative estimate of drug-likeness (QED) is 0.787. The number of hydrogen-bond acceptors (Lipinski definition) is 3. The first-order chi connectivity index (χ1) is 9.47. The standard InChI is InChI=1S/C17H34N2O/c1-14(2)10-15-6-4-8-17(11-15,12-18)19-13-16(3)7-5-9-20-16/h14-15,19H,4-13,18H2,1-3H3. The molecule has 1 aliphatic carbocycles. The molecule has 3 heteroatoms. The smallest absolute Gasteiger partial charge is 0.0779 e. The van der Waals surface area contributed by atoms with E-state index in [2.05, 4.69) is 26.1 Å². The van der Waals surface area contributed by atoms with Gasteiger partial charge in [-0.05, 0) is 50.9 Å². The highest BCUT2D eigenvalue weighted by molar-refractivity contribution is 4.97. The van der Waals surface area contributed by atoms with Crippen LogP contribution in [0.3, 0.4) is 0 Å². The second-order valence-corrected chi connectivity index (χ2v) is 7.83. The molecule has 0 aromatic rings. The molecule has 1 saturated carbocycles. The SMILES string of the molecule is CC(C)CC1CCCC(CN)(NCC2(C)CCCO2)C1. The van der Waals surface area contributed by atoms with Gasteiger partial charge in [-0.25, -0.2) is 0 Å². The normalized spacial score (nSPS) is 38.5. The van der Waals surface area contributed by atoms with Gasteiger partial charge in [-0.1, -0.05) is 26.7 Å². The lowest BCUT2D eigenvalue weighted by atomic mass is 9.73. The molecule has 2 fully saturated rings. The fourth-order valence-electron chi connectivity index (χ4n) is 4.12. The Hall–Kier alpha value is -0.120. The summed E-state index contributed by atoms with van der Waals surface area (Å²) in [6, 6.07) is 0. The topological polar surface area (TPSA) is 47.3 Å². The minimum absolute atomic E-state index is 0.0349. The molecule has 1 saturated heterocycles. The lowest BCUT2D eigenvalue weighted by molar-refractivity contribution is 0.00974. The molecule has 0 spiro atoms. The van der Waals surface area contributed by atoms with E-state index in [1.54, 1.807) is 0 Å². The van der Waals surface area contributed by atoms with E-state index >= 15 is 0 Å². The summed E-state index contributed by atoms with van der Waals surface area (Å²) in [7, 11) is 0. The second kappa shape index (κ2) is 6.76. The van der Waals surface area contributed by atoms with Crippen molar-refractivity contribution in [3.8, 4) is 0 Å². The van der Waals surface area contributed by atoms with E-state index < -0.39 is 0 Å². The first-order valence-electron chi connectivity index (χ1n) is 8.56. The maximum Gasteiger partial charge on any atom is 0.0779 e. The molecule has 0 aromatic carbocycles. The third-order valence-corrected chi connectivity index (χ3v) is 5.28. The predicted octanol–water partition coefficient (Wildman–Crippen LogP) is 3.08. The van der Waals surface area contributed by atoms with Crippen molar-refractivity contribution in [2.24, 2.45) is 17.6 Å². The molecule has 3 atom stereocenters. The van der Waals surface area contributed by atoms with Crippen LogP contribution in [0.4, 0.5) is 0 Å². The maximum atomic E-state index is 6.16. The van der Waals surface area contributed by atoms with Crippen LogP contribution < -0.4 is 11.1 Å². The highest BCUT2D eigenvalue weighted by Crippen LogP contribution is 2.36. The summed E-state index contributed by atoms with van der Waals surface area (Å²) in [4.78, 5) is 0. The van der Waals surface area contributed by atoms with Gasteiger partial charge in [0.2, 0.25) is 0 Å². The largest absolute Gasteiger partial charge is 0.374 e.